The van der Waals surface area contributed by atoms with Crippen LogP contribution in [0.2, 0.25) is 0 Å². The van der Waals surface area contributed by atoms with Crippen molar-refractivity contribution in [3.05, 3.63) is 0 Å². The van der Waals surface area contributed by atoms with E-state index in [1.807, 2.05) is 5.32 Å². The predicted octanol–water partition coefficient (Wildman–Crippen LogP) is -1.95. The van der Waals surface area contributed by atoms with Gasteiger partial charge in [0.25, 0.3) is 0 Å². The van der Waals surface area contributed by atoms with Crippen LogP contribution in [-0.4, -0.2) is 41.0 Å². The minimum atomic E-state index is -0.833. The van der Waals surface area contributed by atoms with Crippen LogP contribution in [0, 0.1) is 0 Å². The van der Waals surface area contributed by atoms with Crippen LogP contribution in [0.1, 0.15) is 0 Å². The maximum absolute atomic E-state index is 10.5. The van der Waals surface area contributed by atoms with Crippen LogP contribution in [0.25, 0.3) is 0 Å². The maximum atomic E-state index is 10.5. The summed E-state index contributed by atoms with van der Waals surface area (Å²) in [7, 11) is 0. The van der Waals surface area contributed by atoms with Crippen molar-refractivity contribution in [2.45, 2.75) is 0 Å². The van der Waals surface area contributed by atoms with E-state index in [0.29, 0.717) is 4.90 Å². The Kier molecular flexibility index (Phi) is 4.17. The lowest BCUT2D eigenvalue weighted by Gasteiger charge is -2.10. The van der Waals surface area contributed by atoms with E-state index in [4.69, 9.17) is 10.2 Å². The van der Waals surface area contributed by atoms with Crippen LogP contribution in [0.15, 0.2) is 0 Å². The molecular weight excluding hydrogens is 140 g/mol. The molecule has 0 spiro atoms. The van der Waals surface area contributed by atoms with E-state index in [9.17, 15) is 9.59 Å². The molecule has 0 aromatic carbocycles. The number of carbonyl (C=O) groups is 2. The minimum absolute atomic E-state index is 0.158. The predicted molar refractivity (Wildman–Crippen MR) is 30.6 cm³/mol. The summed E-state index contributed by atoms with van der Waals surface area (Å²) in [6.07, 6.45) is 0.158. The van der Waals surface area contributed by atoms with Gasteiger partial charge in [0.2, 0.25) is 6.41 Å². The molecule has 3 N–H and O–H groups in total. The first-order chi connectivity index (χ1) is 4.76. The van der Waals surface area contributed by atoms with Crippen LogP contribution in [0.3, 0.4) is 0 Å². The molecule has 0 heterocycles. The molecule has 0 aromatic rings. The zero-order valence-electron chi connectivity index (χ0n) is 5.15. The molecule has 0 bridgehead atoms. The lowest BCUT2D eigenvalue weighted by atomic mass is 10.8. The Hall–Kier alpha value is -1.14. The van der Waals surface area contributed by atoms with Crippen molar-refractivity contribution >= 4 is 12.4 Å². The Labute approximate surface area is 57.1 Å². The number of hydrogen-bond donors (Lipinski definition) is 3. The number of nitrogens with zero attached hydrogens (tertiary/aromatic N) is 1. The highest BCUT2D eigenvalue weighted by Crippen LogP contribution is 1.79. The minimum Gasteiger partial charge on any atom is -0.376 e. The van der Waals surface area contributed by atoms with Crippen LogP contribution in [-0.2, 0) is 4.79 Å². The standard InChI is InChI=1S/C4H8N2O4/c7-1-5-4(10)6(2-8)3-9/h2,7,9H,1,3H2,(H,5,10). The zero-order chi connectivity index (χ0) is 7.98. The Bertz CT molecular complexity index is 126. The van der Waals surface area contributed by atoms with Crippen LogP contribution >= 0.6 is 0 Å². The van der Waals surface area contributed by atoms with Crippen molar-refractivity contribution in [2.75, 3.05) is 13.5 Å². The molecule has 0 saturated heterocycles. The van der Waals surface area contributed by atoms with Crippen molar-refractivity contribution in [3.63, 3.8) is 0 Å². The van der Waals surface area contributed by atoms with Crippen LogP contribution in [0.5, 0.6) is 0 Å². The molecule has 0 radical (unpaired) electrons. The van der Waals surface area contributed by atoms with Gasteiger partial charge in [-0.3, -0.25) is 4.79 Å². The molecule has 6 heteroatoms. The van der Waals surface area contributed by atoms with Gasteiger partial charge in [-0.15, -0.1) is 0 Å². The topological polar surface area (TPSA) is 89.9 Å². The van der Waals surface area contributed by atoms with E-state index in [2.05, 4.69) is 0 Å². The number of urea groups is 1. The van der Waals surface area contributed by atoms with Crippen molar-refractivity contribution in [1.82, 2.24) is 10.2 Å². The Balaban J connectivity index is 3.76. The fourth-order valence-corrected chi connectivity index (χ4v) is 0.315. The average Bonchev–Trinajstić information content (AvgIpc) is 1.91. The summed E-state index contributed by atoms with van der Waals surface area (Å²) in [5.41, 5.74) is 0. The molecule has 0 rings (SSSR count). The van der Waals surface area contributed by atoms with Crippen molar-refractivity contribution in [2.24, 2.45) is 0 Å². The number of aliphatic hydroxyl groups is 2. The third-order valence-electron chi connectivity index (χ3n) is 0.771. The number of amides is 3. The van der Waals surface area contributed by atoms with Gasteiger partial charge in [-0.25, -0.2) is 9.69 Å². The number of aliphatic hydroxyl groups excluding tert-OH is 2. The second-order valence-electron chi connectivity index (χ2n) is 1.36. The van der Waals surface area contributed by atoms with Gasteiger partial charge in [0.05, 0.1) is 0 Å². The summed E-state index contributed by atoms with van der Waals surface area (Å²) in [5.74, 6) is 0. The summed E-state index contributed by atoms with van der Waals surface area (Å²) in [6.45, 7) is -1.27. The lowest BCUT2D eigenvalue weighted by Crippen LogP contribution is -2.39. The van der Waals surface area contributed by atoms with Crippen LogP contribution in [0.4, 0.5) is 4.79 Å². The molecule has 0 saturated carbocycles. The molecule has 0 aliphatic heterocycles. The van der Waals surface area contributed by atoms with Gasteiger partial charge < -0.3 is 15.5 Å². The highest BCUT2D eigenvalue weighted by atomic mass is 16.3. The number of carbonyl (C=O) groups excluding carboxylic acids is 2. The summed E-state index contributed by atoms with van der Waals surface area (Å²) >= 11 is 0. The first-order valence-corrected chi connectivity index (χ1v) is 2.47. The zero-order valence-corrected chi connectivity index (χ0v) is 5.15. The van der Waals surface area contributed by atoms with Crippen molar-refractivity contribution in [1.29, 1.82) is 0 Å². The third kappa shape index (κ3) is 2.42. The first kappa shape index (κ1) is 8.86. The van der Waals surface area contributed by atoms with Crippen molar-refractivity contribution in [3.8, 4) is 0 Å². The number of nitrogens with one attached hydrogen (secondary N) is 1. The maximum Gasteiger partial charge on any atom is 0.327 e. The molecular formula is C4H8N2O4. The van der Waals surface area contributed by atoms with Crippen molar-refractivity contribution < 1.29 is 19.8 Å². The molecule has 0 aliphatic carbocycles. The first-order valence-electron chi connectivity index (χ1n) is 2.47. The second kappa shape index (κ2) is 4.71. The molecule has 0 aliphatic rings. The van der Waals surface area contributed by atoms with E-state index >= 15 is 0 Å². The van der Waals surface area contributed by atoms with Gasteiger partial charge in [-0.2, -0.15) is 0 Å². The second-order valence-corrected chi connectivity index (χ2v) is 1.36. The fourth-order valence-electron chi connectivity index (χ4n) is 0.315. The SMILES string of the molecule is O=CN(CO)C(=O)NCO. The monoisotopic (exact) mass is 148 g/mol. The smallest absolute Gasteiger partial charge is 0.327 e. The van der Waals surface area contributed by atoms with Gasteiger partial charge in [0, 0.05) is 0 Å². The fraction of sp³-hybridized carbons (Fsp3) is 0.500. The summed E-state index contributed by atoms with van der Waals surface area (Å²) in [4.78, 5) is 20.8. The summed E-state index contributed by atoms with van der Waals surface area (Å²) in [6, 6.07) is -0.833. The Morgan fingerprint density at radius 3 is 2.50 bits per heavy atom. The normalized spacial score (nSPS) is 8.60. The molecule has 0 aromatic heterocycles. The van der Waals surface area contributed by atoms with Crippen LogP contribution < -0.4 is 5.32 Å². The van der Waals surface area contributed by atoms with E-state index in [0.717, 1.165) is 0 Å². The number of imide groups is 1. The van der Waals surface area contributed by atoms with Gasteiger partial charge >= 0.3 is 6.03 Å². The van der Waals surface area contributed by atoms with Gasteiger partial charge in [-0.05, 0) is 0 Å². The lowest BCUT2D eigenvalue weighted by molar-refractivity contribution is -0.118. The third-order valence-corrected chi connectivity index (χ3v) is 0.771. The van der Waals surface area contributed by atoms with E-state index in [-0.39, 0.29) is 6.41 Å². The molecule has 6 nitrogen and oxygen atoms in total. The number of rotatable bonds is 3. The van der Waals surface area contributed by atoms with E-state index < -0.39 is 19.5 Å². The summed E-state index contributed by atoms with van der Waals surface area (Å²) < 4.78 is 0. The largest absolute Gasteiger partial charge is 0.376 e. The average molecular weight is 148 g/mol. The quantitative estimate of drug-likeness (QED) is 0.320. The Morgan fingerprint density at radius 1 is 1.60 bits per heavy atom. The van der Waals surface area contributed by atoms with E-state index in [1.54, 1.807) is 0 Å². The molecule has 0 atom stereocenters. The van der Waals surface area contributed by atoms with E-state index in [1.165, 1.54) is 0 Å². The molecule has 58 valence electrons. The number of hydrogen-bond acceptors (Lipinski definition) is 4. The van der Waals surface area contributed by atoms with Gasteiger partial charge in [-0.1, -0.05) is 0 Å². The van der Waals surface area contributed by atoms with Gasteiger partial charge in [0.1, 0.15) is 13.5 Å². The molecule has 10 heavy (non-hydrogen) atoms. The molecule has 0 fully saturated rings. The highest BCUT2D eigenvalue weighted by molar-refractivity contribution is 5.84. The molecule has 3 amide bonds. The summed E-state index contributed by atoms with van der Waals surface area (Å²) in [5, 5.41) is 18.3. The Morgan fingerprint density at radius 2 is 2.20 bits per heavy atom. The highest BCUT2D eigenvalue weighted by Gasteiger charge is 2.07. The molecule has 0 unspecified atom stereocenters. The van der Waals surface area contributed by atoms with Gasteiger partial charge in [0.15, 0.2) is 0 Å².